The number of hydrogen-bond donors (Lipinski definition) is 1. The third kappa shape index (κ3) is 2.47. The van der Waals surface area contributed by atoms with Crippen molar-refractivity contribution < 1.29 is 4.74 Å². The lowest BCUT2D eigenvalue weighted by molar-refractivity contribution is 0.172. The van der Waals surface area contributed by atoms with Crippen LogP contribution in [0.5, 0.6) is 0 Å². The minimum absolute atomic E-state index is 0.584. The monoisotopic (exact) mass is 198 g/mol. The fourth-order valence-corrected chi connectivity index (χ4v) is 2.30. The van der Waals surface area contributed by atoms with Crippen LogP contribution >= 0.6 is 0 Å². The highest BCUT2D eigenvalue weighted by Gasteiger charge is 2.32. The summed E-state index contributed by atoms with van der Waals surface area (Å²) in [5.74, 6) is 0.695. The average molecular weight is 198 g/mol. The number of hydrogen-bond acceptors (Lipinski definition) is 3. The van der Waals surface area contributed by atoms with Crippen LogP contribution in [0.25, 0.3) is 0 Å². The summed E-state index contributed by atoms with van der Waals surface area (Å²) in [5, 5.41) is 3.51. The van der Waals surface area contributed by atoms with Gasteiger partial charge in [-0.15, -0.1) is 0 Å². The van der Waals surface area contributed by atoms with E-state index in [2.05, 4.69) is 24.2 Å². The van der Waals surface area contributed by atoms with E-state index in [1.165, 1.54) is 19.4 Å². The standard InChI is InChI=1S/C11H22N2O/c1-3-12-11-8-14-7-9(11)6-13(2)10-4-5-10/h9-12H,3-8H2,1-2H3. The molecule has 1 aliphatic heterocycles. The van der Waals surface area contributed by atoms with Crippen molar-refractivity contribution in [1.82, 2.24) is 10.2 Å². The first-order valence-electron chi connectivity index (χ1n) is 5.82. The number of rotatable bonds is 5. The van der Waals surface area contributed by atoms with Gasteiger partial charge in [-0.25, -0.2) is 0 Å². The van der Waals surface area contributed by atoms with E-state index in [-0.39, 0.29) is 0 Å². The molecule has 0 amide bonds. The summed E-state index contributed by atoms with van der Waals surface area (Å²) in [7, 11) is 2.25. The van der Waals surface area contributed by atoms with Gasteiger partial charge in [-0.2, -0.15) is 0 Å². The molecule has 82 valence electrons. The second-order valence-corrected chi connectivity index (χ2v) is 4.63. The van der Waals surface area contributed by atoms with Gasteiger partial charge in [0.25, 0.3) is 0 Å². The molecule has 2 rings (SSSR count). The van der Waals surface area contributed by atoms with E-state index in [4.69, 9.17) is 4.74 Å². The Balaban J connectivity index is 1.77. The highest BCUT2D eigenvalue weighted by Crippen LogP contribution is 2.27. The molecule has 2 atom stereocenters. The number of nitrogens with one attached hydrogen (secondary N) is 1. The second kappa shape index (κ2) is 4.60. The van der Waals surface area contributed by atoms with Crippen LogP contribution in [-0.2, 0) is 4.74 Å². The lowest BCUT2D eigenvalue weighted by Crippen LogP contribution is -2.41. The zero-order valence-corrected chi connectivity index (χ0v) is 9.33. The van der Waals surface area contributed by atoms with Crippen LogP contribution in [0, 0.1) is 5.92 Å². The molecule has 0 bridgehead atoms. The van der Waals surface area contributed by atoms with Crippen molar-refractivity contribution in [1.29, 1.82) is 0 Å². The number of likely N-dealkylation sites (N-methyl/N-ethyl adjacent to an activating group) is 1. The van der Waals surface area contributed by atoms with Gasteiger partial charge >= 0.3 is 0 Å². The minimum Gasteiger partial charge on any atom is -0.379 e. The normalized spacial score (nSPS) is 32.8. The first-order valence-corrected chi connectivity index (χ1v) is 5.82. The fourth-order valence-electron chi connectivity index (χ4n) is 2.30. The highest BCUT2D eigenvalue weighted by atomic mass is 16.5. The third-order valence-electron chi connectivity index (χ3n) is 3.36. The molecule has 2 fully saturated rings. The molecule has 0 spiro atoms. The summed E-state index contributed by atoms with van der Waals surface area (Å²) in [6, 6.07) is 1.46. The Kier molecular flexibility index (Phi) is 3.42. The smallest absolute Gasteiger partial charge is 0.0623 e. The predicted molar refractivity (Wildman–Crippen MR) is 57.4 cm³/mol. The quantitative estimate of drug-likeness (QED) is 0.704. The molecule has 1 heterocycles. The van der Waals surface area contributed by atoms with Crippen molar-refractivity contribution in [2.75, 3.05) is 33.4 Å². The molecule has 1 aliphatic carbocycles. The van der Waals surface area contributed by atoms with E-state index in [1.54, 1.807) is 0 Å². The van der Waals surface area contributed by atoms with Crippen molar-refractivity contribution in [2.45, 2.75) is 31.8 Å². The Labute approximate surface area is 86.8 Å². The van der Waals surface area contributed by atoms with Gasteiger partial charge in [0.1, 0.15) is 0 Å². The molecule has 3 heteroatoms. The largest absolute Gasteiger partial charge is 0.379 e. The SMILES string of the molecule is CCNC1COCC1CN(C)C1CC1. The van der Waals surface area contributed by atoms with Crippen LogP contribution in [0.2, 0.25) is 0 Å². The summed E-state index contributed by atoms with van der Waals surface area (Å²) in [6.07, 6.45) is 2.80. The van der Waals surface area contributed by atoms with Crippen molar-refractivity contribution in [3.05, 3.63) is 0 Å². The van der Waals surface area contributed by atoms with Crippen molar-refractivity contribution in [3.8, 4) is 0 Å². The van der Waals surface area contributed by atoms with Crippen LogP contribution in [-0.4, -0.2) is 50.3 Å². The van der Waals surface area contributed by atoms with Gasteiger partial charge in [0.15, 0.2) is 0 Å². The van der Waals surface area contributed by atoms with Crippen LogP contribution in [0.15, 0.2) is 0 Å². The summed E-state index contributed by atoms with van der Waals surface area (Å²) in [5.41, 5.74) is 0. The zero-order chi connectivity index (χ0) is 9.97. The molecule has 1 saturated heterocycles. The molecule has 1 N–H and O–H groups in total. The topological polar surface area (TPSA) is 24.5 Å². The lowest BCUT2D eigenvalue weighted by Gasteiger charge is -2.24. The zero-order valence-electron chi connectivity index (χ0n) is 9.33. The molecule has 0 aromatic heterocycles. The van der Waals surface area contributed by atoms with E-state index in [1.807, 2.05) is 0 Å². The Morgan fingerprint density at radius 3 is 2.79 bits per heavy atom. The molecule has 0 aromatic carbocycles. The minimum atomic E-state index is 0.584. The fraction of sp³-hybridized carbons (Fsp3) is 1.00. The van der Waals surface area contributed by atoms with Crippen molar-refractivity contribution in [3.63, 3.8) is 0 Å². The summed E-state index contributed by atoms with van der Waals surface area (Å²) >= 11 is 0. The highest BCUT2D eigenvalue weighted by molar-refractivity contribution is 4.88. The Morgan fingerprint density at radius 2 is 2.14 bits per heavy atom. The van der Waals surface area contributed by atoms with Crippen molar-refractivity contribution in [2.24, 2.45) is 5.92 Å². The summed E-state index contributed by atoms with van der Waals surface area (Å²) < 4.78 is 5.53. The molecule has 2 unspecified atom stereocenters. The summed E-state index contributed by atoms with van der Waals surface area (Å²) in [6.45, 7) is 6.26. The van der Waals surface area contributed by atoms with Crippen LogP contribution in [0.3, 0.4) is 0 Å². The molecule has 0 aromatic rings. The van der Waals surface area contributed by atoms with Gasteiger partial charge in [0.2, 0.25) is 0 Å². The number of nitrogens with zero attached hydrogens (tertiary/aromatic N) is 1. The predicted octanol–water partition coefficient (Wildman–Crippen LogP) is 0.705. The Bertz CT molecular complexity index is 182. The van der Waals surface area contributed by atoms with Gasteiger partial charge in [-0.1, -0.05) is 6.92 Å². The molecule has 2 aliphatic rings. The Hall–Kier alpha value is -0.120. The van der Waals surface area contributed by atoms with Crippen LogP contribution < -0.4 is 5.32 Å². The first kappa shape index (κ1) is 10.4. The maximum atomic E-state index is 5.53. The molecule has 14 heavy (non-hydrogen) atoms. The van der Waals surface area contributed by atoms with E-state index in [9.17, 15) is 0 Å². The third-order valence-corrected chi connectivity index (χ3v) is 3.36. The number of ether oxygens (including phenoxy) is 1. The molecular weight excluding hydrogens is 176 g/mol. The maximum Gasteiger partial charge on any atom is 0.0623 e. The van der Waals surface area contributed by atoms with Gasteiger partial charge in [-0.05, 0) is 26.4 Å². The van der Waals surface area contributed by atoms with Crippen LogP contribution in [0.1, 0.15) is 19.8 Å². The Morgan fingerprint density at radius 1 is 1.36 bits per heavy atom. The van der Waals surface area contributed by atoms with E-state index < -0.39 is 0 Å². The summed E-state index contributed by atoms with van der Waals surface area (Å²) in [4.78, 5) is 2.50. The maximum absolute atomic E-state index is 5.53. The lowest BCUT2D eigenvalue weighted by atomic mass is 10.0. The second-order valence-electron chi connectivity index (χ2n) is 4.63. The van der Waals surface area contributed by atoms with Gasteiger partial charge < -0.3 is 15.0 Å². The van der Waals surface area contributed by atoms with E-state index >= 15 is 0 Å². The first-order chi connectivity index (χ1) is 6.81. The molecule has 0 radical (unpaired) electrons. The van der Waals surface area contributed by atoms with Crippen molar-refractivity contribution >= 4 is 0 Å². The van der Waals surface area contributed by atoms with Crippen LogP contribution in [0.4, 0.5) is 0 Å². The average Bonchev–Trinajstić information content (AvgIpc) is 2.93. The molecule has 1 saturated carbocycles. The van der Waals surface area contributed by atoms with E-state index in [0.717, 1.165) is 25.8 Å². The molecular formula is C11H22N2O. The molecule has 3 nitrogen and oxygen atoms in total. The van der Waals surface area contributed by atoms with Gasteiger partial charge in [0.05, 0.1) is 13.2 Å². The van der Waals surface area contributed by atoms with Gasteiger partial charge in [0, 0.05) is 24.5 Å². The van der Waals surface area contributed by atoms with E-state index in [0.29, 0.717) is 12.0 Å². The van der Waals surface area contributed by atoms with Gasteiger partial charge in [-0.3, -0.25) is 0 Å².